The van der Waals surface area contributed by atoms with Crippen LogP contribution in [0.5, 0.6) is 0 Å². The van der Waals surface area contributed by atoms with Crippen LogP contribution in [0.15, 0.2) is 48.5 Å². The molecule has 2 N–H and O–H groups in total. The quantitative estimate of drug-likeness (QED) is 0.521. The second-order valence-electron chi connectivity index (χ2n) is 7.65. The summed E-state index contributed by atoms with van der Waals surface area (Å²) < 4.78 is 15.1. The fourth-order valence-corrected chi connectivity index (χ4v) is 3.98. The van der Waals surface area contributed by atoms with Crippen molar-refractivity contribution in [3.8, 4) is 17.1 Å². The summed E-state index contributed by atoms with van der Waals surface area (Å²) in [5.41, 5.74) is 4.60. The van der Waals surface area contributed by atoms with Crippen LogP contribution < -0.4 is 5.32 Å². The Labute approximate surface area is 178 Å². The maximum atomic E-state index is 13.4. The van der Waals surface area contributed by atoms with Crippen molar-refractivity contribution in [1.82, 2.24) is 25.0 Å². The van der Waals surface area contributed by atoms with Crippen molar-refractivity contribution in [3.05, 3.63) is 77.1 Å². The lowest BCUT2D eigenvalue weighted by Crippen LogP contribution is -2.15. The fraction of sp³-hybridized carbons (Fsp3) is 0.217. The number of aromatic amines is 1. The molecule has 1 aliphatic rings. The Bertz CT molecular complexity index is 1260. The van der Waals surface area contributed by atoms with E-state index >= 15 is 0 Å². The third kappa shape index (κ3) is 3.72. The van der Waals surface area contributed by atoms with E-state index < -0.39 is 0 Å². The molecule has 0 aliphatic heterocycles. The van der Waals surface area contributed by atoms with Crippen LogP contribution in [0.25, 0.3) is 17.1 Å². The lowest BCUT2D eigenvalue weighted by atomic mass is 9.95. The van der Waals surface area contributed by atoms with Gasteiger partial charge in [-0.1, -0.05) is 12.1 Å². The number of hydrogen-bond donors (Lipinski definition) is 2. The third-order valence-corrected chi connectivity index (χ3v) is 5.44. The number of anilines is 1. The van der Waals surface area contributed by atoms with Crippen LogP contribution in [0.3, 0.4) is 0 Å². The molecule has 31 heavy (non-hydrogen) atoms. The first-order chi connectivity index (χ1) is 15.1. The fourth-order valence-electron chi connectivity index (χ4n) is 3.98. The molecule has 0 saturated heterocycles. The number of carbonyl (C=O) groups is 1. The molecule has 0 atom stereocenters. The smallest absolute Gasteiger partial charge is 0.276 e. The summed E-state index contributed by atoms with van der Waals surface area (Å²) in [5.74, 6) is 0.737. The number of H-pyrrole nitrogens is 1. The summed E-state index contributed by atoms with van der Waals surface area (Å²) in [7, 11) is 0. The molecule has 5 rings (SSSR count). The molecule has 0 bridgehead atoms. The van der Waals surface area contributed by atoms with Gasteiger partial charge in [-0.25, -0.2) is 14.1 Å². The molecular weight excluding hydrogens is 395 g/mol. The van der Waals surface area contributed by atoms with E-state index in [2.05, 4.69) is 25.6 Å². The van der Waals surface area contributed by atoms with Gasteiger partial charge >= 0.3 is 0 Å². The van der Waals surface area contributed by atoms with E-state index in [-0.39, 0.29) is 11.7 Å². The number of carbonyl (C=O) groups excluding carboxylic acids is 1. The van der Waals surface area contributed by atoms with Crippen LogP contribution in [0.4, 0.5) is 10.1 Å². The molecule has 7 nitrogen and oxygen atoms in total. The van der Waals surface area contributed by atoms with Gasteiger partial charge < -0.3 is 5.32 Å². The lowest BCUT2D eigenvalue weighted by molar-refractivity contribution is 0.102. The van der Waals surface area contributed by atoms with Crippen LogP contribution in [0.1, 0.15) is 40.4 Å². The Morgan fingerprint density at radius 2 is 1.94 bits per heavy atom. The molecule has 0 fully saturated rings. The van der Waals surface area contributed by atoms with Gasteiger partial charge in [0.05, 0.1) is 5.69 Å². The zero-order valence-electron chi connectivity index (χ0n) is 17.0. The minimum atomic E-state index is -0.302. The summed E-state index contributed by atoms with van der Waals surface area (Å²) in [6.07, 6.45) is 3.70. The largest absolute Gasteiger partial charge is 0.321 e. The number of rotatable bonds is 4. The van der Waals surface area contributed by atoms with Crippen LogP contribution in [0, 0.1) is 12.7 Å². The zero-order valence-corrected chi connectivity index (χ0v) is 17.0. The summed E-state index contributed by atoms with van der Waals surface area (Å²) in [4.78, 5) is 17.5. The van der Waals surface area contributed by atoms with Gasteiger partial charge in [-0.3, -0.25) is 9.89 Å². The second kappa shape index (κ2) is 7.79. The van der Waals surface area contributed by atoms with Gasteiger partial charge in [0.1, 0.15) is 11.6 Å². The Morgan fingerprint density at radius 1 is 1.13 bits per heavy atom. The molecule has 2 aromatic carbocycles. The Kier molecular flexibility index (Phi) is 4.82. The van der Waals surface area contributed by atoms with Crippen LogP contribution in [-0.2, 0) is 12.8 Å². The minimum absolute atomic E-state index is 0.262. The molecule has 0 spiro atoms. The Balaban J connectivity index is 1.46. The van der Waals surface area contributed by atoms with Gasteiger partial charge in [-0.15, -0.1) is 0 Å². The SMILES string of the molecule is Cc1nc(-c2cccc(NC(=O)c3nn(-c4ccc(F)cc4)c4c3CCCC4)c2)n[nH]1. The van der Waals surface area contributed by atoms with Gasteiger partial charge in [0.15, 0.2) is 11.5 Å². The van der Waals surface area contributed by atoms with E-state index in [0.717, 1.165) is 54.0 Å². The van der Waals surface area contributed by atoms with Gasteiger partial charge in [0.25, 0.3) is 5.91 Å². The van der Waals surface area contributed by atoms with Crippen molar-refractivity contribution in [2.75, 3.05) is 5.32 Å². The predicted molar refractivity (Wildman–Crippen MR) is 115 cm³/mol. The highest BCUT2D eigenvalue weighted by Crippen LogP contribution is 2.28. The number of halogens is 1. The standard InChI is InChI=1S/C23H21FN6O/c1-14-25-22(28-27-14)15-5-4-6-17(13-15)26-23(31)21-19-7-2-3-8-20(19)30(29-21)18-11-9-16(24)10-12-18/h4-6,9-13H,2-3,7-8H2,1H3,(H,26,31)(H,25,27,28). The van der Waals surface area contributed by atoms with Crippen LogP contribution >= 0.6 is 0 Å². The summed E-state index contributed by atoms with van der Waals surface area (Å²) in [6, 6.07) is 13.6. The number of hydrogen-bond acceptors (Lipinski definition) is 4. The van der Waals surface area contributed by atoms with Crippen molar-refractivity contribution in [2.24, 2.45) is 0 Å². The van der Waals surface area contributed by atoms with Crippen molar-refractivity contribution in [3.63, 3.8) is 0 Å². The molecule has 2 heterocycles. The average Bonchev–Trinajstić information content (AvgIpc) is 3.39. The molecule has 8 heteroatoms. The van der Waals surface area contributed by atoms with E-state index in [1.165, 1.54) is 12.1 Å². The Morgan fingerprint density at radius 3 is 2.71 bits per heavy atom. The summed E-state index contributed by atoms with van der Waals surface area (Å²) in [5, 5.41) is 14.6. The van der Waals surface area contributed by atoms with E-state index in [4.69, 9.17) is 0 Å². The summed E-state index contributed by atoms with van der Waals surface area (Å²) in [6.45, 7) is 1.84. The van der Waals surface area contributed by atoms with E-state index in [0.29, 0.717) is 17.2 Å². The van der Waals surface area contributed by atoms with Gasteiger partial charge in [0, 0.05) is 22.5 Å². The molecule has 0 saturated carbocycles. The molecular formula is C23H21FN6O. The van der Waals surface area contributed by atoms with Crippen LogP contribution in [0.2, 0.25) is 0 Å². The first kappa shape index (κ1) is 19.2. The lowest BCUT2D eigenvalue weighted by Gasteiger charge is -2.14. The monoisotopic (exact) mass is 416 g/mol. The number of amides is 1. The highest BCUT2D eigenvalue weighted by Gasteiger charge is 2.25. The summed E-state index contributed by atoms with van der Waals surface area (Å²) >= 11 is 0. The molecule has 156 valence electrons. The van der Waals surface area contributed by atoms with Crippen molar-refractivity contribution in [2.45, 2.75) is 32.6 Å². The van der Waals surface area contributed by atoms with Crippen molar-refractivity contribution >= 4 is 11.6 Å². The number of nitrogens with one attached hydrogen (secondary N) is 2. The van der Waals surface area contributed by atoms with Gasteiger partial charge in [-0.2, -0.15) is 10.2 Å². The predicted octanol–water partition coefficient (Wildman–Crippen LogP) is 4.24. The molecule has 2 aromatic heterocycles. The maximum absolute atomic E-state index is 13.4. The number of nitrogens with zero attached hydrogens (tertiary/aromatic N) is 4. The third-order valence-electron chi connectivity index (χ3n) is 5.44. The normalized spacial score (nSPS) is 13.1. The Hall–Kier alpha value is -3.81. The average molecular weight is 416 g/mol. The van der Waals surface area contributed by atoms with E-state index in [9.17, 15) is 9.18 Å². The second-order valence-corrected chi connectivity index (χ2v) is 7.65. The van der Waals surface area contributed by atoms with E-state index in [1.54, 1.807) is 16.8 Å². The number of aromatic nitrogens is 5. The highest BCUT2D eigenvalue weighted by atomic mass is 19.1. The first-order valence-electron chi connectivity index (χ1n) is 10.3. The topological polar surface area (TPSA) is 88.5 Å². The molecule has 0 radical (unpaired) electrons. The number of fused-ring (bicyclic) bond motifs is 1. The van der Waals surface area contributed by atoms with Crippen molar-refractivity contribution in [1.29, 1.82) is 0 Å². The number of aryl methyl sites for hydroxylation is 1. The first-order valence-corrected chi connectivity index (χ1v) is 10.3. The molecule has 1 amide bonds. The molecule has 0 unspecified atom stereocenters. The van der Waals surface area contributed by atoms with Crippen LogP contribution in [-0.4, -0.2) is 30.9 Å². The molecule has 4 aromatic rings. The molecule has 1 aliphatic carbocycles. The minimum Gasteiger partial charge on any atom is -0.321 e. The highest BCUT2D eigenvalue weighted by molar-refractivity contribution is 6.04. The number of benzene rings is 2. The maximum Gasteiger partial charge on any atom is 0.276 e. The van der Waals surface area contributed by atoms with E-state index in [1.807, 2.05) is 31.2 Å². The van der Waals surface area contributed by atoms with Gasteiger partial charge in [0.2, 0.25) is 0 Å². The van der Waals surface area contributed by atoms with Gasteiger partial charge in [-0.05, 0) is 69.0 Å². The van der Waals surface area contributed by atoms with Crippen molar-refractivity contribution < 1.29 is 9.18 Å². The zero-order chi connectivity index (χ0) is 21.4.